The number of anilines is 1. The molecule has 3 rings (SSSR count). The van der Waals surface area contributed by atoms with Crippen LogP contribution in [0.4, 0.5) is 5.69 Å². The van der Waals surface area contributed by atoms with Gasteiger partial charge in [-0.05, 0) is 49.6 Å². The smallest absolute Gasteiger partial charge is 0.244 e. The molecule has 38 heavy (non-hydrogen) atoms. The van der Waals surface area contributed by atoms with E-state index in [9.17, 15) is 18.0 Å². The third kappa shape index (κ3) is 7.86. The van der Waals surface area contributed by atoms with Crippen molar-refractivity contribution in [3.8, 4) is 11.5 Å². The summed E-state index contributed by atoms with van der Waals surface area (Å²) >= 11 is 3.41. The molecule has 0 radical (unpaired) electrons. The number of halogens is 1. The van der Waals surface area contributed by atoms with Gasteiger partial charge < -0.3 is 19.7 Å². The van der Waals surface area contributed by atoms with Crippen molar-refractivity contribution in [3.63, 3.8) is 0 Å². The predicted octanol–water partition coefficient (Wildman–Crippen LogP) is 4.10. The summed E-state index contributed by atoms with van der Waals surface area (Å²) in [5.41, 5.74) is 1.01. The largest absolute Gasteiger partial charge is 0.497 e. The Morgan fingerprint density at radius 2 is 1.71 bits per heavy atom. The SMILES string of the molecule is COc1ccc(N(CC(=O)N(Cc2ccc(Br)cc2)[C@H](C)C(=O)NC2CCCCC2)S(C)(=O)=O)c(OC)c1. The zero-order valence-corrected chi connectivity index (χ0v) is 24.7. The average molecular weight is 611 g/mol. The maximum absolute atomic E-state index is 13.8. The Morgan fingerprint density at radius 3 is 2.29 bits per heavy atom. The third-order valence-electron chi connectivity index (χ3n) is 6.72. The monoisotopic (exact) mass is 609 g/mol. The molecule has 1 fully saturated rings. The van der Waals surface area contributed by atoms with Gasteiger partial charge in [-0.2, -0.15) is 0 Å². The van der Waals surface area contributed by atoms with Gasteiger partial charge >= 0.3 is 0 Å². The molecule has 9 nitrogen and oxygen atoms in total. The van der Waals surface area contributed by atoms with Crippen molar-refractivity contribution >= 4 is 43.5 Å². The fourth-order valence-electron chi connectivity index (χ4n) is 4.52. The van der Waals surface area contributed by atoms with Gasteiger partial charge in [0.15, 0.2) is 0 Å². The molecule has 1 atom stereocenters. The van der Waals surface area contributed by atoms with Gasteiger partial charge in [-0.15, -0.1) is 0 Å². The Bertz CT molecular complexity index is 1220. The van der Waals surface area contributed by atoms with Crippen molar-refractivity contribution in [3.05, 3.63) is 52.5 Å². The summed E-state index contributed by atoms with van der Waals surface area (Å²) in [6.07, 6.45) is 6.15. The fourth-order valence-corrected chi connectivity index (χ4v) is 5.64. The quantitative estimate of drug-likeness (QED) is 0.411. The van der Waals surface area contributed by atoms with Crippen LogP contribution in [0.2, 0.25) is 0 Å². The molecular weight excluding hydrogens is 574 g/mol. The molecule has 0 unspecified atom stereocenters. The van der Waals surface area contributed by atoms with Gasteiger partial charge in [0.05, 0.1) is 26.2 Å². The maximum atomic E-state index is 13.8. The topological polar surface area (TPSA) is 105 Å². The Morgan fingerprint density at radius 1 is 1.05 bits per heavy atom. The van der Waals surface area contributed by atoms with Crippen LogP contribution in [0.25, 0.3) is 0 Å². The van der Waals surface area contributed by atoms with Gasteiger partial charge in [0.25, 0.3) is 0 Å². The van der Waals surface area contributed by atoms with Crippen molar-refractivity contribution in [1.29, 1.82) is 0 Å². The van der Waals surface area contributed by atoms with Crippen LogP contribution in [-0.4, -0.2) is 64.2 Å². The van der Waals surface area contributed by atoms with Gasteiger partial charge in [-0.1, -0.05) is 47.3 Å². The molecule has 1 saturated carbocycles. The van der Waals surface area contributed by atoms with E-state index >= 15 is 0 Å². The van der Waals surface area contributed by atoms with Crippen molar-refractivity contribution in [2.75, 3.05) is 31.3 Å². The van der Waals surface area contributed by atoms with E-state index in [-0.39, 0.29) is 29.9 Å². The number of hydrogen-bond acceptors (Lipinski definition) is 6. The lowest BCUT2D eigenvalue weighted by atomic mass is 9.95. The van der Waals surface area contributed by atoms with Crippen LogP contribution in [0.5, 0.6) is 11.5 Å². The summed E-state index contributed by atoms with van der Waals surface area (Å²) in [7, 11) is -0.981. The number of nitrogens with one attached hydrogen (secondary N) is 1. The highest BCUT2D eigenvalue weighted by Gasteiger charge is 2.32. The average Bonchev–Trinajstić information content (AvgIpc) is 2.90. The van der Waals surface area contributed by atoms with Crippen LogP contribution in [0.1, 0.15) is 44.6 Å². The van der Waals surface area contributed by atoms with E-state index in [0.717, 1.165) is 52.7 Å². The van der Waals surface area contributed by atoms with Crippen LogP contribution in [0.15, 0.2) is 46.9 Å². The number of methoxy groups -OCH3 is 2. The van der Waals surface area contributed by atoms with Gasteiger partial charge in [0.1, 0.15) is 24.1 Å². The Labute approximate surface area is 233 Å². The predicted molar refractivity (Wildman–Crippen MR) is 151 cm³/mol. The highest BCUT2D eigenvalue weighted by molar-refractivity contribution is 9.10. The number of amides is 2. The molecule has 2 amide bonds. The lowest BCUT2D eigenvalue weighted by Gasteiger charge is -2.33. The minimum atomic E-state index is -3.89. The van der Waals surface area contributed by atoms with Crippen LogP contribution in [0.3, 0.4) is 0 Å². The molecule has 0 bridgehead atoms. The van der Waals surface area contributed by atoms with Crippen molar-refractivity contribution in [1.82, 2.24) is 10.2 Å². The number of hydrogen-bond donors (Lipinski definition) is 1. The second-order valence-electron chi connectivity index (χ2n) is 9.48. The molecule has 11 heteroatoms. The number of nitrogens with zero attached hydrogens (tertiary/aromatic N) is 2. The lowest BCUT2D eigenvalue weighted by molar-refractivity contribution is -0.139. The first-order valence-corrected chi connectivity index (χ1v) is 15.2. The molecule has 0 aromatic heterocycles. The van der Waals surface area contributed by atoms with Gasteiger partial charge in [0.2, 0.25) is 21.8 Å². The molecule has 0 aliphatic heterocycles. The molecular formula is C27H36BrN3O6S. The van der Waals surface area contributed by atoms with E-state index in [0.29, 0.717) is 5.75 Å². The summed E-state index contributed by atoms with van der Waals surface area (Å²) in [5, 5.41) is 3.09. The molecule has 0 spiro atoms. The summed E-state index contributed by atoms with van der Waals surface area (Å²) in [6.45, 7) is 1.31. The summed E-state index contributed by atoms with van der Waals surface area (Å²) in [6, 6.07) is 11.4. The van der Waals surface area contributed by atoms with Crippen LogP contribution >= 0.6 is 15.9 Å². The van der Waals surface area contributed by atoms with Gasteiger partial charge in [-0.3, -0.25) is 13.9 Å². The number of carbonyl (C=O) groups is 2. The summed E-state index contributed by atoms with van der Waals surface area (Å²) < 4.78 is 38.2. The van der Waals surface area contributed by atoms with E-state index in [1.807, 2.05) is 24.3 Å². The van der Waals surface area contributed by atoms with Crippen LogP contribution in [-0.2, 0) is 26.2 Å². The standard InChI is InChI=1S/C27H36BrN3O6S/c1-19(27(33)29-22-8-6-5-7-9-22)30(17-20-10-12-21(28)13-11-20)26(32)18-31(38(4,34)35)24-15-14-23(36-2)16-25(24)37-3/h10-16,19,22H,5-9,17-18H2,1-4H3,(H,29,33)/t19-/m1/s1. The summed E-state index contributed by atoms with van der Waals surface area (Å²) in [5.74, 6) is -0.0434. The first kappa shape index (κ1) is 29.8. The van der Waals surface area contributed by atoms with Crippen molar-refractivity contribution in [2.24, 2.45) is 0 Å². The van der Waals surface area contributed by atoms with Crippen LogP contribution < -0.4 is 19.1 Å². The number of benzene rings is 2. The molecule has 208 valence electrons. The second kappa shape index (κ2) is 13.3. The number of sulfonamides is 1. The zero-order chi connectivity index (χ0) is 27.9. The molecule has 1 aliphatic rings. The fraction of sp³-hybridized carbons (Fsp3) is 0.481. The normalized spacial score (nSPS) is 14.9. The number of rotatable bonds is 11. The zero-order valence-electron chi connectivity index (χ0n) is 22.3. The highest BCUT2D eigenvalue weighted by atomic mass is 79.9. The Hall–Kier alpha value is -2.79. The Balaban J connectivity index is 1.91. The molecule has 1 N–H and O–H groups in total. The van der Waals surface area contributed by atoms with Crippen molar-refractivity contribution in [2.45, 2.75) is 57.7 Å². The molecule has 1 aliphatic carbocycles. The maximum Gasteiger partial charge on any atom is 0.244 e. The molecule has 2 aromatic carbocycles. The molecule has 0 saturated heterocycles. The highest BCUT2D eigenvalue weighted by Crippen LogP contribution is 2.33. The summed E-state index contributed by atoms with van der Waals surface area (Å²) in [4.78, 5) is 28.4. The van der Waals surface area contributed by atoms with Crippen LogP contribution in [0, 0.1) is 0 Å². The molecule has 2 aromatic rings. The minimum absolute atomic E-state index is 0.0828. The first-order valence-electron chi connectivity index (χ1n) is 12.6. The number of carbonyl (C=O) groups excluding carboxylic acids is 2. The van der Waals surface area contributed by atoms with E-state index < -0.39 is 28.5 Å². The minimum Gasteiger partial charge on any atom is -0.497 e. The van der Waals surface area contributed by atoms with Gasteiger partial charge in [-0.25, -0.2) is 8.42 Å². The first-order chi connectivity index (χ1) is 18.0. The number of ether oxygens (including phenoxy) is 2. The van der Waals surface area contributed by atoms with E-state index in [1.165, 1.54) is 25.2 Å². The Kier molecular flexibility index (Phi) is 10.4. The molecule has 0 heterocycles. The van der Waals surface area contributed by atoms with Gasteiger partial charge in [0, 0.05) is 23.1 Å². The van der Waals surface area contributed by atoms with E-state index in [4.69, 9.17) is 9.47 Å². The third-order valence-corrected chi connectivity index (χ3v) is 8.37. The van der Waals surface area contributed by atoms with Crippen molar-refractivity contribution < 1.29 is 27.5 Å². The van der Waals surface area contributed by atoms with E-state index in [1.54, 1.807) is 19.1 Å². The lowest BCUT2D eigenvalue weighted by Crippen LogP contribution is -2.53. The second-order valence-corrected chi connectivity index (χ2v) is 12.3. The van der Waals surface area contributed by atoms with E-state index in [2.05, 4.69) is 21.2 Å².